The molecule has 11 nitrogen and oxygen atoms in total. The van der Waals surface area contributed by atoms with E-state index < -0.39 is 15.9 Å². The number of aromatic nitrogens is 4. The molecule has 0 atom stereocenters. The molecule has 2 aromatic carbocycles. The molecule has 2 N–H and O–H groups in total. The van der Waals surface area contributed by atoms with Crippen molar-refractivity contribution in [1.29, 1.82) is 0 Å². The minimum Gasteiger partial charge on any atom is -0.858 e. The molecule has 1 heterocycles. The largest absolute Gasteiger partial charge is 0.858 e. The highest BCUT2D eigenvalue weighted by molar-refractivity contribution is 7.92. The summed E-state index contributed by atoms with van der Waals surface area (Å²) in [5, 5.41) is 25.3. The van der Waals surface area contributed by atoms with Gasteiger partial charge in [-0.1, -0.05) is 22.8 Å². The first-order valence-corrected chi connectivity index (χ1v) is 10.2. The highest BCUT2D eigenvalue weighted by atomic mass is 35.5. The van der Waals surface area contributed by atoms with Gasteiger partial charge in [-0.15, -0.1) is 5.10 Å². The third kappa shape index (κ3) is 4.44. The number of nitrogens with zero attached hydrogens (tertiary/aromatic N) is 4. The van der Waals surface area contributed by atoms with E-state index >= 15 is 0 Å². The fourth-order valence-corrected chi connectivity index (χ4v) is 3.83. The summed E-state index contributed by atoms with van der Waals surface area (Å²) in [4.78, 5) is 3.54. The van der Waals surface area contributed by atoms with Gasteiger partial charge in [0, 0.05) is 6.07 Å². The monoisotopic (exact) mass is 451 g/mol. The number of anilines is 1. The summed E-state index contributed by atoms with van der Waals surface area (Å²) in [6, 6.07) is 6.88. The van der Waals surface area contributed by atoms with Gasteiger partial charge in [-0.2, -0.15) is 5.21 Å². The number of tetrazole rings is 1. The molecule has 13 heteroatoms. The van der Waals surface area contributed by atoms with E-state index in [4.69, 9.17) is 21.1 Å². The Kier molecular flexibility index (Phi) is 6.08. The predicted octanol–water partition coefficient (Wildman–Crippen LogP) is 1.42. The number of hydrogen-bond donors (Lipinski definition) is 2. The van der Waals surface area contributed by atoms with Crippen LogP contribution in [0.15, 0.2) is 40.2 Å². The molecule has 1 aromatic heterocycles. The fraction of sp³-hybridized carbons (Fsp3) is 0.176. The van der Waals surface area contributed by atoms with Crippen molar-refractivity contribution >= 4 is 39.2 Å². The molecule has 0 saturated heterocycles. The van der Waals surface area contributed by atoms with Crippen molar-refractivity contribution in [3.63, 3.8) is 0 Å². The molecule has 0 aliphatic heterocycles. The van der Waals surface area contributed by atoms with Gasteiger partial charge in [0.2, 0.25) is 0 Å². The number of ether oxygens (including phenoxy) is 2. The molecule has 0 spiro atoms. The second-order valence-corrected chi connectivity index (χ2v) is 7.99. The maximum absolute atomic E-state index is 12.9. The van der Waals surface area contributed by atoms with E-state index in [0.717, 1.165) is 0 Å². The summed E-state index contributed by atoms with van der Waals surface area (Å²) < 4.78 is 38.5. The summed E-state index contributed by atoms with van der Waals surface area (Å²) >= 11 is 6.10. The average Bonchev–Trinajstić information content (AvgIpc) is 3.21. The molecule has 0 bridgehead atoms. The first kappa shape index (κ1) is 21.3. The van der Waals surface area contributed by atoms with E-state index in [0.29, 0.717) is 11.3 Å². The molecule has 0 unspecified atom stereocenters. The molecule has 0 radical (unpaired) electrons. The Labute approximate surface area is 176 Å². The SMILES string of the molecule is COc1cc(OC)c(NS(=O)(=O)c2ccc(C)c(C([O-])=Nc3nn[nH]n3)c2)cc1Cl. The van der Waals surface area contributed by atoms with Crippen molar-refractivity contribution in [2.75, 3.05) is 18.9 Å². The number of nitrogens with one attached hydrogen (secondary N) is 2. The first-order valence-electron chi connectivity index (χ1n) is 8.29. The quantitative estimate of drug-likeness (QED) is 0.403. The Morgan fingerprint density at radius 3 is 2.57 bits per heavy atom. The highest BCUT2D eigenvalue weighted by Crippen LogP contribution is 2.37. The smallest absolute Gasteiger partial charge is 0.288 e. The van der Waals surface area contributed by atoms with Gasteiger partial charge in [-0.05, 0) is 47.4 Å². The van der Waals surface area contributed by atoms with Gasteiger partial charge < -0.3 is 14.6 Å². The minimum atomic E-state index is -4.09. The second-order valence-electron chi connectivity index (χ2n) is 5.90. The number of aliphatic imine (C=N–C) groups is 1. The second kappa shape index (κ2) is 8.55. The zero-order valence-corrected chi connectivity index (χ0v) is 17.6. The molecule has 158 valence electrons. The standard InChI is InChI=1S/C17H17ClN6O5S/c1-9-4-5-10(6-11(9)16(25)19-17-20-23-24-21-17)30(26,27)22-13-7-12(18)14(28-2)8-15(13)29-3/h4-8,22H,1-3H3,(H2,19,20,21,23,24,25)/p-1. The van der Waals surface area contributed by atoms with Crippen LogP contribution in [0.25, 0.3) is 0 Å². The number of aromatic amines is 1. The molecule has 3 rings (SSSR count). The van der Waals surface area contributed by atoms with Crippen LogP contribution in [0.2, 0.25) is 5.02 Å². The topological polar surface area (TPSA) is 155 Å². The number of methoxy groups -OCH3 is 2. The summed E-state index contributed by atoms with van der Waals surface area (Å²) in [5.41, 5.74) is 0.701. The summed E-state index contributed by atoms with van der Waals surface area (Å²) in [7, 11) is -1.29. The Morgan fingerprint density at radius 2 is 1.93 bits per heavy atom. The number of aryl methyl sites for hydroxylation is 1. The number of halogens is 1. The van der Waals surface area contributed by atoms with Crippen molar-refractivity contribution in [3.8, 4) is 11.5 Å². The molecule has 0 saturated carbocycles. The lowest BCUT2D eigenvalue weighted by Gasteiger charge is -2.17. The Bertz CT molecular complexity index is 1200. The van der Waals surface area contributed by atoms with Gasteiger partial charge in [0.1, 0.15) is 11.5 Å². The summed E-state index contributed by atoms with van der Waals surface area (Å²) in [5.74, 6) is -0.350. The molecule has 0 aliphatic carbocycles. The molecule has 0 aliphatic rings. The fourth-order valence-electron chi connectivity index (χ4n) is 2.50. The lowest BCUT2D eigenvalue weighted by molar-refractivity contribution is -0.212. The van der Waals surface area contributed by atoms with Crippen LogP contribution in [0.3, 0.4) is 0 Å². The lowest BCUT2D eigenvalue weighted by atomic mass is 10.1. The van der Waals surface area contributed by atoms with Crippen molar-refractivity contribution < 1.29 is 23.0 Å². The lowest BCUT2D eigenvalue weighted by Crippen LogP contribution is -2.21. The van der Waals surface area contributed by atoms with E-state index in [1.807, 2.05) is 0 Å². The van der Waals surface area contributed by atoms with Crippen LogP contribution >= 0.6 is 11.6 Å². The summed E-state index contributed by atoms with van der Waals surface area (Å²) in [6.07, 6.45) is 0. The van der Waals surface area contributed by atoms with Crippen molar-refractivity contribution in [2.45, 2.75) is 11.8 Å². The van der Waals surface area contributed by atoms with E-state index in [1.165, 1.54) is 44.6 Å². The van der Waals surface area contributed by atoms with Crippen LogP contribution in [0.5, 0.6) is 11.5 Å². The Balaban J connectivity index is 1.99. The van der Waals surface area contributed by atoms with Crippen molar-refractivity contribution in [1.82, 2.24) is 20.6 Å². The maximum Gasteiger partial charge on any atom is 0.288 e. The van der Waals surface area contributed by atoms with Gasteiger partial charge in [0.25, 0.3) is 16.0 Å². The van der Waals surface area contributed by atoms with Gasteiger partial charge in [0.05, 0.1) is 29.8 Å². The van der Waals surface area contributed by atoms with Crippen molar-refractivity contribution in [2.24, 2.45) is 4.99 Å². The predicted molar refractivity (Wildman–Crippen MR) is 107 cm³/mol. The molecule has 3 aromatic rings. The zero-order valence-electron chi connectivity index (χ0n) is 16.0. The zero-order chi connectivity index (χ0) is 21.9. The highest BCUT2D eigenvalue weighted by Gasteiger charge is 2.20. The number of benzene rings is 2. The minimum absolute atomic E-state index is 0.0717. The Morgan fingerprint density at radius 1 is 1.20 bits per heavy atom. The van der Waals surface area contributed by atoms with E-state index in [1.54, 1.807) is 6.92 Å². The molecule has 0 fully saturated rings. The van der Waals surface area contributed by atoms with Crippen LogP contribution in [0.4, 0.5) is 11.6 Å². The number of H-pyrrole nitrogens is 1. The van der Waals surface area contributed by atoms with E-state index in [2.05, 4.69) is 30.3 Å². The van der Waals surface area contributed by atoms with Gasteiger partial charge in [-0.3, -0.25) is 4.72 Å². The van der Waals surface area contributed by atoms with Gasteiger partial charge in [0.15, 0.2) is 0 Å². The van der Waals surface area contributed by atoms with Crippen LogP contribution in [-0.2, 0) is 10.0 Å². The number of sulfonamides is 1. The third-order valence-electron chi connectivity index (χ3n) is 4.00. The normalized spacial score (nSPS) is 11.9. The van der Waals surface area contributed by atoms with E-state index in [-0.39, 0.29) is 32.9 Å². The maximum atomic E-state index is 12.9. The van der Waals surface area contributed by atoms with Crippen molar-refractivity contribution in [3.05, 3.63) is 46.5 Å². The number of hydrogen-bond acceptors (Lipinski definition) is 9. The van der Waals surface area contributed by atoms with E-state index in [9.17, 15) is 13.5 Å². The van der Waals surface area contributed by atoms with Crippen LogP contribution in [0, 0.1) is 6.92 Å². The summed E-state index contributed by atoms with van der Waals surface area (Å²) in [6.45, 7) is 1.65. The third-order valence-corrected chi connectivity index (χ3v) is 5.66. The molecule has 0 amide bonds. The average molecular weight is 452 g/mol. The van der Waals surface area contributed by atoms with Crippen LogP contribution < -0.4 is 19.3 Å². The van der Waals surface area contributed by atoms with Crippen LogP contribution in [-0.4, -0.2) is 49.2 Å². The first-order chi connectivity index (χ1) is 14.2. The van der Waals surface area contributed by atoms with Gasteiger partial charge >= 0.3 is 0 Å². The Hall–Kier alpha value is -3.38. The molecule has 30 heavy (non-hydrogen) atoms. The molecular weight excluding hydrogens is 436 g/mol. The van der Waals surface area contributed by atoms with Crippen LogP contribution in [0.1, 0.15) is 11.1 Å². The van der Waals surface area contributed by atoms with Gasteiger partial charge in [-0.25, -0.2) is 13.4 Å². The number of rotatable bonds is 7. The molecular formula is C17H16ClN6O5S-.